The molecule has 0 unspecified atom stereocenters. The summed E-state index contributed by atoms with van der Waals surface area (Å²) in [5.74, 6) is 0. The number of rotatable bonds is 5. The van der Waals surface area contributed by atoms with E-state index in [-0.39, 0.29) is 0 Å². The van der Waals surface area contributed by atoms with Crippen molar-refractivity contribution in [3.8, 4) is 0 Å². The van der Waals surface area contributed by atoms with Crippen LogP contribution in [0.25, 0.3) is 10.9 Å². The molecule has 2 aromatic carbocycles. The number of H-pyrrole nitrogens is 1. The van der Waals surface area contributed by atoms with Crippen molar-refractivity contribution in [2.24, 2.45) is 0 Å². The number of sulfonamides is 1. The zero-order valence-corrected chi connectivity index (χ0v) is 17.1. The molecule has 5 nitrogen and oxygen atoms in total. The molecule has 1 aliphatic heterocycles. The summed E-state index contributed by atoms with van der Waals surface area (Å²) in [7, 11) is -3.61. The van der Waals surface area contributed by atoms with Crippen molar-refractivity contribution in [3.05, 3.63) is 57.8 Å². The van der Waals surface area contributed by atoms with Gasteiger partial charge in [-0.1, -0.05) is 12.1 Å². The molecule has 3 N–H and O–H groups in total. The monoisotopic (exact) mass is 481 g/mol. The Kier molecular flexibility index (Phi) is 4.94. The van der Waals surface area contributed by atoms with Gasteiger partial charge in [0, 0.05) is 32.4 Å². The molecule has 1 aromatic heterocycles. The first-order chi connectivity index (χ1) is 12.5. The number of anilines is 1. The van der Waals surface area contributed by atoms with E-state index >= 15 is 0 Å². The highest BCUT2D eigenvalue weighted by Crippen LogP contribution is 2.27. The molecule has 0 amide bonds. The maximum atomic E-state index is 12.7. The minimum absolute atomic E-state index is 0.296. The lowest BCUT2D eigenvalue weighted by Gasteiger charge is -2.11. The largest absolute Gasteiger partial charge is 0.361 e. The third-order valence-corrected chi connectivity index (χ3v) is 7.52. The molecular weight excluding hydrogens is 461 g/mol. The molecule has 0 radical (unpaired) electrons. The highest BCUT2D eigenvalue weighted by molar-refractivity contribution is 14.1. The topological polar surface area (TPSA) is 74.0 Å². The average molecular weight is 481 g/mol. The van der Waals surface area contributed by atoms with E-state index in [1.165, 1.54) is 18.4 Å². The molecular formula is C19H20IN3O2S. The Balaban J connectivity index is 1.63. The number of hydrogen-bond acceptors (Lipinski definition) is 3. The lowest BCUT2D eigenvalue weighted by molar-refractivity contribution is 0.600. The Morgan fingerprint density at radius 1 is 1.19 bits per heavy atom. The summed E-state index contributed by atoms with van der Waals surface area (Å²) in [6.45, 7) is 1.08. The Morgan fingerprint density at radius 2 is 2.04 bits per heavy atom. The summed E-state index contributed by atoms with van der Waals surface area (Å²) in [4.78, 5) is 3.58. The van der Waals surface area contributed by atoms with Crippen LogP contribution in [0, 0.1) is 3.57 Å². The summed E-state index contributed by atoms with van der Waals surface area (Å²) < 4.78 is 28.9. The second-order valence-corrected chi connectivity index (χ2v) is 9.42. The molecule has 0 aliphatic carbocycles. The van der Waals surface area contributed by atoms with Crippen LogP contribution in [0.15, 0.2) is 53.6 Å². The number of halogens is 1. The van der Waals surface area contributed by atoms with E-state index in [4.69, 9.17) is 0 Å². The standard InChI is InChI=1S/C19H20IN3O2S/c20-17-5-1-2-6-19(17)26(24,25)23-15-7-8-18-16(11-15)13(12-22-18)10-14-4-3-9-21-14/h1-2,5-8,11-12,14,21-23H,3-4,9-10H2/t14-/m0/s1. The number of aromatic amines is 1. The summed E-state index contributed by atoms with van der Waals surface area (Å²) in [6, 6.07) is 13.1. The molecule has 1 saturated heterocycles. The van der Waals surface area contributed by atoms with Crippen LogP contribution in [0.5, 0.6) is 0 Å². The molecule has 3 aromatic rings. The van der Waals surface area contributed by atoms with Gasteiger partial charge >= 0.3 is 0 Å². The molecule has 1 atom stereocenters. The maximum Gasteiger partial charge on any atom is 0.262 e. The van der Waals surface area contributed by atoms with Gasteiger partial charge in [-0.3, -0.25) is 4.72 Å². The number of fused-ring (bicyclic) bond motifs is 1. The first-order valence-electron chi connectivity index (χ1n) is 8.64. The quantitative estimate of drug-likeness (QED) is 0.485. The first kappa shape index (κ1) is 17.8. The van der Waals surface area contributed by atoms with E-state index in [0.29, 0.717) is 20.2 Å². The normalized spacial score (nSPS) is 17.7. The lowest BCUT2D eigenvalue weighted by Crippen LogP contribution is -2.23. The fourth-order valence-electron chi connectivity index (χ4n) is 3.48. The van der Waals surface area contributed by atoms with Crippen LogP contribution in [0.2, 0.25) is 0 Å². The fourth-order valence-corrected chi connectivity index (χ4v) is 5.87. The van der Waals surface area contributed by atoms with Gasteiger partial charge in [0.25, 0.3) is 10.0 Å². The van der Waals surface area contributed by atoms with Crippen molar-refractivity contribution < 1.29 is 8.42 Å². The van der Waals surface area contributed by atoms with Gasteiger partial charge in [-0.05, 0) is 84.3 Å². The average Bonchev–Trinajstić information content (AvgIpc) is 3.25. The second kappa shape index (κ2) is 7.21. The van der Waals surface area contributed by atoms with E-state index in [9.17, 15) is 8.42 Å². The second-order valence-electron chi connectivity index (χ2n) is 6.61. The Hall–Kier alpha value is -1.58. The number of benzene rings is 2. The van der Waals surface area contributed by atoms with E-state index in [1.54, 1.807) is 24.3 Å². The van der Waals surface area contributed by atoms with Gasteiger partial charge in [-0.2, -0.15) is 0 Å². The smallest absolute Gasteiger partial charge is 0.262 e. The molecule has 136 valence electrons. The Morgan fingerprint density at radius 3 is 2.81 bits per heavy atom. The van der Waals surface area contributed by atoms with Crippen LogP contribution in [-0.2, 0) is 16.4 Å². The summed E-state index contributed by atoms with van der Waals surface area (Å²) in [5.41, 5.74) is 2.82. The number of aromatic nitrogens is 1. The van der Waals surface area contributed by atoms with E-state index in [1.807, 2.05) is 47.0 Å². The van der Waals surface area contributed by atoms with Crippen molar-refractivity contribution in [2.45, 2.75) is 30.2 Å². The third kappa shape index (κ3) is 3.60. The SMILES string of the molecule is O=S(=O)(Nc1ccc2[nH]cc(C[C@@H]3CCCN3)c2c1)c1ccccc1I. The maximum absolute atomic E-state index is 12.7. The van der Waals surface area contributed by atoms with Crippen LogP contribution in [0.1, 0.15) is 18.4 Å². The summed E-state index contributed by atoms with van der Waals surface area (Å²) in [6.07, 6.45) is 5.38. The number of nitrogens with one attached hydrogen (secondary N) is 3. The van der Waals surface area contributed by atoms with Gasteiger partial charge in [0.2, 0.25) is 0 Å². The van der Waals surface area contributed by atoms with Gasteiger partial charge in [0.05, 0.1) is 0 Å². The molecule has 4 rings (SSSR count). The van der Waals surface area contributed by atoms with Crippen LogP contribution < -0.4 is 10.0 Å². The zero-order chi connectivity index (χ0) is 18.1. The highest BCUT2D eigenvalue weighted by atomic mass is 127. The Labute approximate surface area is 166 Å². The fraction of sp³-hybridized carbons (Fsp3) is 0.263. The van der Waals surface area contributed by atoms with Crippen LogP contribution in [0.3, 0.4) is 0 Å². The predicted molar refractivity (Wildman–Crippen MR) is 113 cm³/mol. The molecule has 0 spiro atoms. The van der Waals surface area contributed by atoms with Gasteiger partial charge < -0.3 is 10.3 Å². The van der Waals surface area contributed by atoms with E-state index in [0.717, 1.165) is 23.9 Å². The summed E-state index contributed by atoms with van der Waals surface area (Å²) in [5, 5.41) is 4.58. The van der Waals surface area contributed by atoms with Crippen LogP contribution in [-0.4, -0.2) is 26.0 Å². The zero-order valence-electron chi connectivity index (χ0n) is 14.1. The van der Waals surface area contributed by atoms with Gasteiger partial charge in [0.15, 0.2) is 0 Å². The lowest BCUT2D eigenvalue weighted by atomic mass is 10.0. The highest BCUT2D eigenvalue weighted by Gasteiger charge is 2.19. The minimum atomic E-state index is -3.61. The van der Waals surface area contributed by atoms with Crippen molar-refractivity contribution in [1.82, 2.24) is 10.3 Å². The van der Waals surface area contributed by atoms with Gasteiger partial charge in [-0.25, -0.2) is 8.42 Å². The third-order valence-electron chi connectivity index (χ3n) is 4.77. The van der Waals surface area contributed by atoms with Gasteiger partial charge in [0.1, 0.15) is 4.90 Å². The number of hydrogen-bond donors (Lipinski definition) is 3. The molecule has 0 saturated carbocycles. The van der Waals surface area contributed by atoms with Crippen molar-refractivity contribution in [2.75, 3.05) is 11.3 Å². The van der Waals surface area contributed by atoms with E-state index in [2.05, 4.69) is 15.0 Å². The molecule has 1 aliphatic rings. The van der Waals surface area contributed by atoms with Crippen LogP contribution in [0.4, 0.5) is 5.69 Å². The van der Waals surface area contributed by atoms with Crippen molar-refractivity contribution in [1.29, 1.82) is 0 Å². The molecule has 26 heavy (non-hydrogen) atoms. The summed E-state index contributed by atoms with van der Waals surface area (Å²) >= 11 is 2.04. The van der Waals surface area contributed by atoms with Gasteiger partial charge in [-0.15, -0.1) is 0 Å². The van der Waals surface area contributed by atoms with Crippen molar-refractivity contribution in [3.63, 3.8) is 0 Å². The molecule has 2 heterocycles. The van der Waals surface area contributed by atoms with Crippen LogP contribution >= 0.6 is 22.6 Å². The van der Waals surface area contributed by atoms with Crippen molar-refractivity contribution >= 4 is 49.2 Å². The first-order valence-corrected chi connectivity index (χ1v) is 11.2. The molecule has 7 heteroatoms. The molecule has 1 fully saturated rings. The minimum Gasteiger partial charge on any atom is -0.361 e. The molecule has 0 bridgehead atoms. The predicted octanol–water partition coefficient (Wildman–Crippen LogP) is 3.87. The van der Waals surface area contributed by atoms with E-state index < -0.39 is 10.0 Å². The Bertz CT molecular complexity index is 1040.